The van der Waals surface area contributed by atoms with Crippen molar-refractivity contribution in [2.75, 3.05) is 39.3 Å². The molecular weight excluding hydrogens is 452 g/mol. The first-order valence-corrected chi connectivity index (χ1v) is 12.9. The lowest BCUT2D eigenvalue weighted by Crippen LogP contribution is -2.54. The molecule has 0 N–H and O–H groups in total. The van der Waals surface area contributed by atoms with Crippen LogP contribution in [0.15, 0.2) is 61.1 Å². The van der Waals surface area contributed by atoms with Crippen LogP contribution in [-0.4, -0.2) is 81.9 Å². The highest BCUT2D eigenvalue weighted by Gasteiger charge is 2.33. The lowest BCUT2D eigenvalue weighted by molar-refractivity contribution is 0.0695. The number of benzene rings is 1. The van der Waals surface area contributed by atoms with Crippen LogP contribution in [0.3, 0.4) is 0 Å². The van der Waals surface area contributed by atoms with Crippen LogP contribution in [0, 0.1) is 0 Å². The van der Waals surface area contributed by atoms with Gasteiger partial charge >= 0.3 is 0 Å². The largest absolute Gasteiger partial charge is 0.336 e. The minimum absolute atomic E-state index is 0.155. The van der Waals surface area contributed by atoms with Gasteiger partial charge in [0.25, 0.3) is 16.1 Å². The topological polar surface area (TPSA) is 91.6 Å². The normalized spacial score (nSPS) is 15.1. The van der Waals surface area contributed by atoms with Crippen LogP contribution in [0.25, 0.3) is 11.3 Å². The van der Waals surface area contributed by atoms with E-state index in [0.717, 1.165) is 11.1 Å². The fraction of sp³-hybridized carbons (Fsp3) is 0.375. The van der Waals surface area contributed by atoms with Gasteiger partial charge in [-0.15, -0.1) is 0 Å². The maximum atomic E-state index is 13.5. The lowest BCUT2D eigenvalue weighted by Gasteiger charge is -2.36. The second-order valence-corrected chi connectivity index (χ2v) is 10.0. The first kappa shape index (κ1) is 24.1. The molecule has 1 aliphatic heterocycles. The molecule has 0 atom stereocenters. The third-order valence-corrected chi connectivity index (χ3v) is 8.19. The van der Waals surface area contributed by atoms with E-state index in [4.69, 9.17) is 5.10 Å². The number of hydrogen-bond donors (Lipinski definition) is 0. The van der Waals surface area contributed by atoms with Crippen molar-refractivity contribution < 1.29 is 13.2 Å². The van der Waals surface area contributed by atoms with Crippen LogP contribution in [0.5, 0.6) is 0 Å². The molecule has 9 nitrogen and oxygen atoms in total. The van der Waals surface area contributed by atoms with Gasteiger partial charge in [0, 0.05) is 63.4 Å². The van der Waals surface area contributed by atoms with Crippen molar-refractivity contribution in [2.45, 2.75) is 20.4 Å². The Morgan fingerprint density at radius 1 is 1.00 bits per heavy atom. The van der Waals surface area contributed by atoms with Gasteiger partial charge in [-0.2, -0.15) is 22.1 Å². The number of rotatable bonds is 8. The number of aromatic nitrogens is 3. The molecule has 0 unspecified atom stereocenters. The number of amides is 1. The maximum absolute atomic E-state index is 13.5. The van der Waals surface area contributed by atoms with Gasteiger partial charge in [-0.05, 0) is 17.7 Å². The van der Waals surface area contributed by atoms with Crippen LogP contribution in [0.2, 0.25) is 0 Å². The van der Waals surface area contributed by atoms with E-state index in [2.05, 4.69) is 4.98 Å². The van der Waals surface area contributed by atoms with Crippen molar-refractivity contribution in [2.24, 2.45) is 0 Å². The van der Waals surface area contributed by atoms with Crippen molar-refractivity contribution in [3.05, 3.63) is 72.2 Å². The number of carbonyl (C=O) groups excluding carboxylic acids is 1. The maximum Gasteiger partial charge on any atom is 0.282 e. The summed E-state index contributed by atoms with van der Waals surface area (Å²) in [5, 5.41) is 4.71. The quantitative estimate of drug-likeness (QED) is 0.492. The Balaban J connectivity index is 1.56. The summed E-state index contributed by atoms with van der Waals surface area (Å²) >= 11 is 0. The summed E-state index contributed by atoms with van der Waals surface area (Å²) in [7, 11) is -3.52. The minimum atomic E-state index is -3.52. The van der Waals surface area contributed by atoms with Crippen molar-refractivity contribution >= 4 is 16.1 Å². The second-order valence-electron chi connectivity index (χ2n) is 8.10. The zero-order valence-electron chi connectivity index (χ0n) is 19.5. The molecule has 3 aromatic rings. The molecule has 1 aliphatic rings. The van der Waals surface area contributed by atoms with E-state index in [1.54, 1.807) is 28.2 Å². The van der Waals surface area contributed by atoms with Gasteiger partial charge in [-0.3, -0.25) is 14.5 Å². The number of carbonyl (C=O) groups is 1. The Morgan fingerprint density at radius 3 is 2.32 bits per heavy atom. The van der Waals surface area contributed by atoms with Crippen LogP contribution in [0.4, 0.5) is 0 Å². The zero-order valence-corrected chi connectivity index (χ0v) is 20.4. The smallest absolute Gasteiger partial charge is 0.282 e. The second kappa shape index (κ2) is 10.5. The molecule has 34 heavy (non-hydrogen) atoms. The molecule has 1 amide bonds. The van der Waals surface area contributed by atoms with E-state index in [1.807, 2.05) is 56.3 Å². The fourth-order valence-electron chi connectivity index (χ4n) is 4.15. The number of pyridine rings is 1. The summed E-state index contributed by atoms with van der Waals surface area (Å²) in [4.78, 5) is 19.4. The molecule has 0 bridgehead atoms. The van der Waals surface area contributed by atoms with E-state index >= 15 is 0 Å². The van der Waals surface area contributed by atoms with E-state index in [-0.39, 0.29) is 19.0 Å². The number of nitrogens with zero attached hydrogens (tertiary/aromatic N) is 6. The first-order valence-electron chi connectivity index (χ1n) is 11.5. The Labute approximate surface area is 200 Å². The van der Waals surface area contributed by atoms with Gasteiger partial charge in [-0.1, -0.05) is 44.2 Å². The molecule has 0 saturated carbocycles. The Morgan fingerprint density at radius 2 is 1.71 bits per heavy atom. The summed E-state index contributed by atoms with van der Waals surface area (Å²) in [5.74, 6) is -0.155. The number of piperazine rings is 1. The monoisotopic (exact) mass is 482 g/mol. The van der Waals surface area contributed by atoms with Gasteiger partial charge in [0.05, 0.1) is 12.1 Å². The Hall–Kier alpha value is -3.08. The highest BCUT2D eigenvalue weighted by atomic mass is 32.2. The summed E-state index contributed by atoms with van der Waals surface area (Å²) in [6.45, 7) is 6.24. The van der Waals surface area contributed by atoms with Gasteiger partial charge in [-0.25, -0.2) is 0 Å². The Kier molecular flexibility index (Phi) is 7.40. The summed E-state index contributed by atoms with van der Waals surface area (Å²) in [6.07, 6.45) is 5.15. The van der Waals surface area contributed by atoms with Crippen molar-refractivity contribution in [1.29, 1.82) is 0 Å². The number of hydrogen-bond acceptors (Lipinski definition) is 5. The molecule has 4 rings (SSSR count). The van der Waals surface area contributed by atoms with Crippen LogP contribution < -0.4 is 0 Å². The molecule has 0 spiro atoms. The average molecular weight is 483 g/mol. The lowest BCUT2D eigenvalue weighted by atomic mass is 10.1. The van der Waals surface area contributed by atoms with E-state index in [0.29, 0.717) is 44.0 Å². The summed E-state index contributed by atoms with van der Waals surface area (Å²) in [5.41, 5.74) is 2.91. The molecule has 180 valence electrons. The van der Waals surface area contributed by atoms with Crippen LogP contribution >= 0.6 is 0 Å². The van der Waals surface area contributed by atoms with Gasteiger partial charge < -0.3 is 4.90 Å². The molecule has 10 heteroatoms. The van der Waals surface area contributed by atoms with Crippen molar-refractivity contribution in [3.63, 3.8) is 0 Å². The van der Waals surface area contributed by atoms with E-state index < -0.39 is 10.2 Å². The average Bonchev–Trinajstić information content (AvgIpc) is 3.29. The first-order chi connectivity index (χ1) is 16.4. The SMILES string of the molecule is CCN(CC)S(=O)(=O)N1CCN(C(=O)c2cn(Cc3ccccc3)nc2-c2cccnc2)CC1. The zero-order chi connectivity index (χ0) is 24.1. The predicted molar refractivity (Wildman–Crippen MR) is 130 cm³/mol. The molecule has 0 radical (unpaired) electrons. The molecule has 1 fully saturated rings. The third-order valence-electron chi connectivity index (χ3n) is 6.00. The van der Waals surface area contributed by atoms with Gasteiger partial charge in [0.15, 0.2) is 0 Å². The van der Waals surface area contributed by atoms with Gasteiger partial charge in [0.1, 0.15) is 5.69 Å². The van der Waals surface area contributed by atoms with Gasteiger partial charge in [0.2, 0.25) is 0 Å². The van der Waals surface area contributed by atoms with Crippen molar-refractivity contribution in [3.8, 4) is 11.3 Å². The van der Waals surface area contributed by atoms with Crippen LogP contribution in [-0.2, 0) is 16.8 Å². The highest BCUT2D eigenvalue weighted by Crippen LogP contribution is 2.24. The van der Waals surface area contributed by atoms with E-state index in [9.17, 15) is 13.2 Å². The molecule has 2 aromatic heterocycles. The van der Waals surface area contributed by atoms with Crippen molar-refractivity contribution in [1.82, 2.24) is 28.3 Å². The van der Waals surface area contributed by atoms with Crippen LogP contribution in [0.1, 0.15) is 29.8 Å². The standard InChI is InChI=1S/C24H30N6O3S/c1-3-29(4-2)34(32,33)30-15-13-27(14-16-30)24(31)22-19-28(18-20-9-6-5-7-10-20)26-23(22)21-11-8-12-25-17-21/h5-12,17,19H,3-4,13-16,18H2,1-2H3. The third kappa shape index (κ3) is 5.03. The highest BCUT2D eigenvalue weighted by molar-refractivity contribution is 7.86. The molecule has 3 heterocycles. The van der Waals surface area contributed by atoms with E-state index in [1.165, 1.54) is 8.61 Å². The molecular formula is C24H30N6O3S. The predicted octanol–water partition coefficient (Wildman–Crippen LogP) is 2.34. The molecule has 0 aliphatic carbocycles. The Bertz CT molecular complexity index is 1200. The summed E-state index contributed by atoms with van der Waals surface area (Å²) < 4.78 is 30.4. The fourth-order valence-corrected chi connectivity index (χ4v) is 5.75. The molecule has 1 aromatic carbocycles. The molecule has 1 saturated heterocycles. The minimum Gasteiger partial charge on any atom is -0.336 e. The summed E-state index contributed by atoms with van der Waals surface area (Å²) in [6, 6.07) is 13.6.